The van der Waals surface area contributed by atoms with Crippen LogP contribution in [-0.2, 0) is 6.42 Å². The Morgan fingerprint density at radius 1 is 0.507 bits per heavy atom. The molecule has 7 aromatic carbocycles. The highest BCUT2D eigenvalue weighted by Gasteiger charge is 2.45. The van der Waals surface area contributed by atoms with E-state index in [-0.39, 0.29) is 5.41 Å². The van der Waals surface area contributed by atoms with Gasteiger partial charge >= 0.3 is 0 Å². The predicted molar refractivity (Wildman–Crippen MR) is 274 cm³/mol. The van der Waals surface area contributed by atoms with Crippen LogP contribution in [0.25, 0.3) is 104 Å². The first-order valence-electron chi connectivity index (χ1n) is 25.6. The standard InChI is InChI=1S/C63H53NO3/c1-33-53-38-21-20-35(27-38)26-36-28-39(29-36)54(53)34(2)60-55(33)59-46(41-15-11-19-52-57(41)43-13-5-7-17-50(43)67-52)31-45(40-14-10-18-51-56(40)42-12-4-6-16-49(42)66-51)58-47-30-37-22-25-63(23-8-3-9-24-63)62(65)44(37)32-48(47)64(60)61(58)59/h4-7,10-19,30-32,35-36,38-39H,3,8-9,20-29H2,1-2H3. The van der Waals surface area contributed by atoms with Gasteiger partial charge in [-0.1, -0.05) is 79.9 Å². The summed E-state index contributed by atoms with van der Waals surface area (Å²) in [6, 6.07) is 37.9. The Kier molecular flexibility index (Phi) is 7.41. The monoisotopic (exact) mass is 871 g/mol. The van der Waals surface area contributed by atoms with Gasteiger partial charge in [-0.25, -0.2) is 0 Å². The van der Waals surface area contributed by atoms with Gasteiger partial charge in [-0.05, 0) is 194 Å². The smallest absolute Gasteiger partial charge is 0.169 e. The lowest BCUT2D eigenvalue weighted by atomic mass is 9.63. The minimum Gasteiger partial charge on any atom is -0.456 e. The number of benzene rings is 7. The minimum atomic E-state index is -0.220. The molecule has 67 heavy (non-hydrogen) atoms. The quantitative estimate of drug-likeness (QED) is 0.174. The maximum atomic E-state index is 15.2. The molecule has 1 spiro atoms. The number of carbonyl (C=O) groups excluding carboxylic acids is 1. The lowest BCUT2D eigenvalue weighted by molar-refractivity contribution is 0.0669. The van der Waals surface area contributed by atoms with E-state index in [2.05, 4.69) is 121 Å². The fourth-order valence-corrected chi connectivity index (χ4v) is 16.0. The normalized spacial score (nSPS) is 22.4. The fourth-order valence-electron chi connectivity index (χ4n) is 16.0. The van der Waals surface area contributed by atoms with Gasteiger partial charge in [0, 0.05) is 54.1 Å². The molecule has 0 saturated heterocycles. The summed E-state index contributed by atoms with van der Waals surface area (Å²) in [5.41, 5.74) is 20.6. The number of aromatic nitrogens is 1. The molecule has 6 aliphatic rings. The molecule has 0 radical (unpaired) electrons. The third-order valence-electron chi connectivity index (χ3n) is 18.9. The van der Waals surface area contributed by atoms with Gasteiger partial charge in [-0.3, -0.25) is 4.79 Å². The summed E-state index contributed by atoms with van der Waals surface area (Å²) in [4.78, 5) is 15.2. The summed E-state index contributed by atoms with van der Waals surface area (Å²) in [7, 11) is 0. The second-order valence-corrected chi connectivity index (χ2v) is 22.1. The van der Waals surface area contributed by atoms with Crippen LogP contribution in [0.2, 0.25) is 0 Å². The zero-order valence-corrected chi connectivity index (χ0v) is 38.5. The molecule has 0 amide bonds. The van der Waals surface area contributed by atoms with Crippen molar-refractivity contribution in [2.24, 2.45) is 17.3 Å². The first kappa shape index (κ1) is 37.7. The molecule has 2 atom stereocenters. The molecule has 0 N–H and O–H groups in total. The maximum Gasteiger partial charge on any atom is 0.169 e. The van der Waals surface area contributed by atoms with Crippen LogP contribution < -0.4 is 0 Å². The van der Waals surface area contributed by atoms with E-state index in [0.29, 0.717) is 17.6 Å². The number of aryl methyl sites for hydroxylation is 3. The molecule has 11 aromatic rings. The van der Waals surface area contributed by atoms with Crippen molar-refractivity contribution in [3.63, 3.8) is 0 Å². The Morgan fingerprint density at radius 3 is 1.87 bits per heavy atom. The highest BCUT2D eigenvalue weighted by molar-refractivity contribution is 6.34. The number of furan rings is 2. The van der Waals surface area contributed by atoms with E-state index in [0.717, 1.165) is 99.8 Å². The average Bonchev–Trinajstić information content (AvgIpc) is 4.19. The topological polar surface area (TPSA) is 47.8 Å². The first-order chi connectivity index (χ1) is 32.9. The molecular formula is C63H53NO3. The largest absolute Gasteiger partial charge is 0.456 e. The number of rotatable bonds is 2. The van der Waals surface area contributed by atoms with Gasteiger partial charge in [0.2, 0.25) is 0 Å². The predicted octanol–water partition coefficient (Wildman–Crippen LogP) is 17.4. The average molecular weight is 872 g/mol. The fraction of sp³-hybridized carbons (Fsp3) is 0.317. The van der Waals surface area contributed by atoms with Gasteiger partial charge < -0.3 is 13.2 Å². The van der Waals surface area contributed by atoms with Crippen molar-refractivity contribution in [2.75, 3.05) is 0 Å². The van der Waals surface area contributed by atoms with E-state index in [1.165, 1.54) is 122 Å². The third-order valence-corrected chi connectivity index (χ3v) is 18.9. The molecule has 4 heterocycles. The van der Waals surface area contributed by atoms with Crippen molar-refractivity contribution < 1.29 is 13.6 Å². The van der Waals surface area contributed by atoms with Crippen LogP contribution in [0.15, 0.2) is 112 Å². The van der Waals surface area contributed by atoms with Crippen molar-refractivity contribution in [3.8, 4) is 22.3 Å². The van der Waals surface area contributed by atoms with Gasteiger partial charge in [-0.2, -0.15) is 0 Å². The second-order valence-electron chi connectivity index (χ2n) is 22.1. The van der Waals surface area contributed by atoms with E-state index >= 15 is 4.79 Å². The second kappa shape index (κ2) is 13.2. The first-order valence-corrected chi connectivity index (χ1v) is 25.6. The Balaban J connectivity index is 1.14. The molecule has 17 rings (SSSR count). The van der Waals surface area contributed by atoms with Crippen molar-refractivity contribution in [2.45, 2.75) is 109 Å². The number of nitrogens with zero attached hydrogens (tertiary/aromatic N) is 1. The number of carbonyl (C=O) groups is 1. The van der Waals surface area contributed by atoms with Gasteiger partial charge in [0.05, 0.1) is 16.6 Å². The van der Waals surface area contributed by atoms with Gasteiger partial charge in [0.15, 0.2) is 5.78 Å². The third kappa shape index (κ3) is 4.82. The maximum absolute atomic E-state index is 15.2. The van der Waals surface area contributed by atoms with E-state index in [1.54, 1.807) is 11.1 Å². The van der Waals surface area contributed by atoms with Crippen LogP contribution >= 0.6 is 0 Å². The van der Waals surface area contributed by atoms with Crippen LogP contribution in [0.5, 0.6) is 0 Å². The minimum absolute atomic E-state index is 0.220. The molecule has 4 nitrogen and oxygen atoms in total. The molecular weight excluding hydrogens is 819 g/mol. The summed E-state index contributed by atoms with van der Waals surface area (Å²) >= 11 is 0. The van der Waals surface area contributed by atoms with Crippen LogP contribution in [0.3, 0.4) is 0 Å². The van der Waals surface area contributed by atoms with Crippen molar-refractivity contribution in [3.05, 3.63) is 137 Å². The van der Waals surface area contributed by atoms with E-state index in [4.69, 9.17) is 8.83 Å². The lowest BCUT2D eigenvalue weighted by Crippen LogP contribution is -2.37. The molecule has 0 aliphatic heterocycles. The molecule has 2 unspecified atom stereocenters. The number of hydrogen-bond donors (Lipinski definition) is 0. The molecule has 3 saturated carbocycles. The summed E-state index contributed by atoms with van der Waals surface area (Å²) in [6.07, 6.45) is 15.6. The Labute approximate surface area is 389 Å². The van der Waals surface area contributed by atoms with Crippen LogP contribution in [-0.4, -0.2) is 10.2 Å². The Hall–Kier alpha value is -6.39. The SMILES string of the molecule is Cc1c2c(c(C)c3c1c1c(-c4cccc5oc6ccccc6c45)cc(-c4cccc5oc6ccccc6c45)c4c5cc6c(cc5n3c41)C(=O)C1(CCCCC1)CC6)C1CC(CC3CCC2C3)C1. The molecule has 4 heteroatoms. The highest BCUT2D eigenvalue weighted by Crippen LogP contribution is 2.60. The molecule has 6 aliphatic carbocycles. The number of para-hydroxylation sites is 2. The van der Waals surface area contributed by atoms with Crippen LogP contribution in [0, 0.1) is 31.1 Å². The summed E-state index contributed by atoms with van der Waals surface area (Å²) in [5.74, 6) is 3.31. The van der Waals surface area contributed by atoms with E-state index < -0.39 is 0 Å². The van der Waals surface area contributed by atoms with Crippen LogP contribution in [0.1, 0.15) is 127 Å². The highest BCUT2D eigenvalue weighted by atomic mass is 16.3. The molecule has 328 valence electrons. The van der Waals surface area contributed by atoms with Gasteiger partial charge in [0.25, 0.3) is 0 Å². The zero-order chi connectivity index (χ0) is 44.0. The Bertz CT molecular complexity index is 3990. The van der Waals surface area contributed by atoms with Gasteiger partial charge in [0.1, 0.15) is 22.3 Å². The van der Waals surface area contributed by atoms with Crippen LogP contribution in [0.4, 0.5) is 0 Å². The lowest BCUT2D eigenvalue weighted by Gasteiger charge is -2.39. The van der Waals surface area contributed by atoms with E-state index in [1.807, 2.05) is 0 Å². The Morgan fingerprint density at radius 2 is 1.15 bits per heavy atom. The number of ketones is 1. The zero-order valence-electron chi connectivity index (χ0n) is 38.5. The number of fused-ring (bicyclic) bond motifs is 13. The van der Waals surface area contributed by atoms with Gasteiger partial charge in [-0.15, -0.1) is 0 Å². The van der Waals surface area contributed by atoms with Crippen molar-refractivity contribution in [1.82, 2.24) is 4.40 Å². The van der Waals surface area contributed by atoms with Crippen molar-refractivity contribution in [1.29, 1.82) is 0 Å². The summed E-state index contributed by atoms with van der Waals surface area (Å²) < 4.78 is 16.0. The van der Waals surface area contributed by atoms with Crippen molar-refractivity contribution >= 4 is 87.8 Å². The molecule has 4 aromatic heterocycles. The number of hydrogen-bond acceptors (Lipinski definition) is 3. The molecule has 3 fully saturated rings. The summed E-state index contributed by atoms with van der Waals surface area (Å²) in [6.45, 7) is 4.99. The summed E-state index contributed by atoms with van der Waals surface area (Å²) in [5, 5.41) is 9.88. The number of Topliss-reactive ketones (excluding diaryl/α,β-unsaturated/α-hetero) is 1. The van der Waals surface area contributed by atoms with E-state index in [9.17, 15) is 0 Å². The molecule has 4 bridgehead atoms.